The molecule has 1 aromatic heterocycles. The van der Waals surface area contributed by atoms with Crippen molar-refractivity contribution in [2.24, 2.45) is 5.92 Å². The van der Waals surface area contributed by atoms with Gasteiger partial charge in [-0.3, -0.25) is 4.90 Å². The number of ether oxygens (including phenoxy) is 1. The van der Waals surface area contributed by atoms with Crippen molar-refractivity contribution >= 4 is 16.9 Å². The molecule has 36 heavy (non-hydrogen) atoms. The van der Waals surface area contributed by atoms with Gasteiger partial charge in [-0.05, 0) is 75.0 Å². The number of esters is 1. The minimum atomic E-state index is -0.255. The van der Waals surface area contributed by atoms with Gasteiger partial charge < -0.3 is 14.2 Å². The van der Waals surface area contributed by atoms with Crippen molar-refractivity contribution in [3.05, 3.63) is 59.2 Å². The molecule has 1 aliphatic carbocycles. The second-order valence-electron chi connectivity index (χ2n) is 11.4. The van der Waals surface area contributed by atoms with E-state index in [1.54, 1.807) is 0 Å². The third-order valence-corrected chi connectivity index (χ3v) is 8.95. The highest BCUT2D eigenvalue weighted by atomic mass is 16.5. The molecule has 2 fully saturated rings. The first-order valence-corrected chi connectivity index (χ1v) is 13.8. The van der Waals surface area contributed by atoms with Crippen LogP contribution in [0.4, 0.5) is 0 Å². The molecule has 3 aliphatic rings. The molecular formula is C31H39N3O2. The van der Waals surface area contributed by atoms with Gasteiger partial charge in [0.05, 0.1) is 18.4 Å². The molecule has 0 radical (unpaired) electrons. The van der Waals surface area contributed by atoms with Gasteiger partial charge in [0.25, 0.3) is 0 Å². The maximum Gasteiger partial charge on any atom is 0.337 e. The Bertz CT molecular complexity index is 1270. The molecule has 2 aliphatic heterocycles. The van der Waals surface area contributed by atoms with E-state index in [0.717, 1.165) is 26.2 Å². The highest BCUT2D eigenvalue weighted by Crippen LogP contribution is 2.51. The Labute approximate surface area is 215 Å². The maximum atomic E-state index is 12.5. The lowest BCUT2D eigenvalue weighted by Crippen LogP contribution is -2.33. The van der Waals surface area contributed by atoms with Gasteiger partial charge in [0.2, 0.25) is 0 Å². The van der Waals surface area contributed by atoms with Crippen molar-refractivity contribution in [3.63, 3.8) is 0 Å². The van der Waals surface area contributed by atoms with Gasteiger partial charge in [-0.25, -0.2) is 4.79 Å². The summed E-state index contributed by atoms with van der Waals surface area (Å²) in [5.74, 6) is 0.887. The number of nitrogens with zero attached hydrogens (tertiary/aromatic N) is 3. The quantitative estimate of drug-likeness (QED) is 0.411. The Balaban J connectivity index is 1.57. The van der Waals surface area contributed by atoms with E-state index in [1.165, 1.54) is 78.9 Å². The number of rotatable bonds is 5. The Hall–Kier alpha value is -2.63. The van der Waals surface area contributed by atoms with E-state index >= 15 is 0 Å². The summed E-state index contributed by atoms with van der Waals surface area (Å²) in [4.78, 5) is 17.5. The predicted molar refractivity (Wildman–Crippen MR) is 146 cm³/mol. The molecule has 3 aromatic rings. The molecule has 2 atom stereocenters. The smallest absolute Gasteiger partial charge is 0.337 e. The van der Waals surface area contributed by atoms with E-state index in [9.17, 15) is 4.79 Å². The van der Waals surface area contributed by atoms with Crippen molar-refractivity contribution in [3.8, 4) is 11.3 Å². The molecule has 190 valence electrons. The Morgan fingerprint density at radius 1 is 1.06 bits per heavy atom. The van der Waals surface area contributed by atoms with E-state index in [1.807, 2.05) is 6.07 Å². The van der Waals surface area contributed by atoms with Gasteiger partial charge in [0.15, 0.2) is 0 Å². The fourth-order valence-corrected chi connectivity index (χ4v) is 7.26. The SMILES string of the molecule is COC(=O)c1ccc2c(C3CCCCC3)c3n(c2c1)C[C@@H]1CCN(CCN(C)C)[C@H]1c1ccccc1-3. The van der Waals surface area contributed by atoms with E-state index in [-0.39, 0.29) is 5.97 Å². The lowest BCUT2D eigenvalue weighted by molar-refractivity contribution is 0.0601. The summed E-state index contributed by atoms with van der Waals surface area (Å²) in [7, 11) is 5.81. The van der Waals surface area contributed by atoms with Crippen LogP contribution in [0.25, 0.3) is 22.2 Å². The summed E-state index contributed by atoms with van der Waals surface area (Å²) in [5.41, 5.74) is 7.68. The molecule has 0 amide bonds. The molecule has 6 rings (SSSR count). The van der Waals surface area contributed by atoms with Crippen molar-refractivity contribution in [1.29, 1.82) is 0 Å². The summed E-state index contributed by atoms with van der Waals surface area (Å²) in [6.07, 6.45) is 7.69. The molecule has 0 bridgehead atoms. The first-order valence-electron chi connectivity index (χ1n) is 13.8. The largest absolute Gasteiger partial charge is 0.465 e. The van der Waals surface area contributed by atoms with Crippen LogP contribution < -0.4 is 0 Å². The number of fused-ring (bicyclic) bond motifs is 7. The molecular weight excluding hydrogens is 446 g/mol. The number of hydrogen-bond acceptors (Lipinski definition) is 4. The van der Waals surface area contributed by atoms with Crippen LogP contribution in [0.3, 0.4) is 0 Å². The fourth-order valence-electron chi connectivity index (χ4n) is 7.26. The zero-order chi connectivity index (χ0) is 24.8. The van der Waals surface area contributed by atoms with Crippen molar-refractivity contribution < 1.29 is 9.53 Å². The van der Waals surface area contributed by atoms with E-state index in [2.05, 4.69) is 64.9 Å². The summed E-state index contributed by atoms with van der Waals surface area (Å²) in [6, 6.07) is 15.9. The molecule has 5 nitrogen and oxygen atoms in total. The van der Waals surface area contributed by atoms with E-state index in [0.29, 0.717) is 23.4 Å². The van der Waals surface area contributed by atoms with Gasteiger partial charge in [0, 0.05) is 42.1 Å². The van der Waals surface area contributed by atoms with Crippen LogP contribution in [-0.4, -0.2) is 61.2 Å². The average Bonchev–Trinajstić information content (AvgIpc) is 3.41. The molecule has 2 aromatic carbocycles. The summed E-state index contributed by atoms with van der Waals surface area (Å²) >= 11 is 0. The monoisotopic (exact) mass is 485 g/mol. The standard InChI is InChI=1S/C31H39N3O2/c1-32(2)17-18-33-16-15-23-20-34-27-19-22(31(35)36-3)13-14-26(27)28(21-9-5-4-6-10-21)30(34)25-12-8-7-11-24(25)29(23)33/h7-8,11-14,19,21,23,29H,4-6,9-10,15-18,20H2,1-3H3/t23-,29+/m0/s1. The molecule has 0 spiro atoms. The minimum absolute atomic E-state index is 0.255. The highest BCUT2D eigenvalue weighted by molar-refractivity contribution is 5.99. The minimum Gasteiger partial charge on any atom is -0.465 e. The van der Waals surface area contributed by atoms with Gasteiger partial charge in [-0.1, -0.05) is 49.6 Å². The van der Waals surface area contributed by atoms with Crippen LogP contribution in [-0.2, 0) is 11.3 Å². The van der Waals surface area contributed by atoms with Crippen LogP contribution in [0.5, 0.6) is 0 Å². The van der Waals surface area contributed by atoms with Crippen molar-refractivity contribution in [2.75, 3.05) is 40.8 Å². The van der Waals surface area contributed by atoms with Crippen LogP contribution in [0.2, 0.25) is 0 Å². The van der Waals surface area contributed by atoms with Crippen molar-refractivity contribution in [1.82, 2.24) is 14.4 Å². The molecule has 5 heteroatoms. The number of carbonyl (C=O) groups is 1. The average molecular weight is 486 g/mol. The number of aromatic nitrogens is 1. The maximum absolute atomic E-state index is 12.5. The lowest BCUT2D eigenvalue weighted by Gasteiger charge is -2.30. The summed E-state index contributed by atoms with van der Waals surface area (Å²) in [6.45, 7) is 4.33. The second kappa shape index (κ2) is 9.68. The molecule has 3 heterocycles. The normalized spacial score (nSPS) is 22.3. The zero-order valence-electron chi connectivity index (χ0n) is 22.0. The third-order valence-electron chi connectivity index (χ3n) is 8.95. The second-order valence-corrected chi connectivity index (χ2v) is 11.4. The van der Waals surface area contributed by atoms with Crippen LogP contribution in [0, 0.1) is 5.92 Å². The molecule has 0 unspecified atom stereocenters. The summed E-state index contributed by atoms with van der Waals surface area (Å²) in [5, 5.41) is 1.33. The Morgan fingerprint density at radius 3 is 2.64 bits per heavy atom. The zero-order valence-corrected chi connectivity index (χ0v) is 22.0. The topological polar surface area (TPSA) is 37.7 Å². The van der Waals surface area contributed by atoms with Crippen molar-refractivity contribution in [2.45, 2.75) is 57.0 Å². The Morgan fingerprint density at radius 2 is 1.86 bits per heavy atom. The van der Waals surface area contributed by atoms with E-state index in [4.69, 9.17) is 4.74 Å². The van der Waals surface area contributed by atoms with Gasteiger partial charge >= 0.3 is 5.97 Å². The number of hydrogen-bond donors (Lipinski definition) is 0. The lowest BCUT2D eigenvalue weighted by atomic mass is 9.81. The number of methoxy groups -OCH3 is 1. The number of carbonyl (C=O) groups excluding carboxylic acids is 1. The first kappa shape index (κ1) is 23.7. The highest BCUT2D eigenvalue weighted by Gasteiger charge is 2.41. The third kappa shape index (κ3) is 3.97. The fraction of sp³-hybridized carbons (Fsp3) is 0.516. The molecule has 1 saturated heterocycles. The Kier molecular flexibility index (Phi) is 6.38. The molecule has 1 saturated carbocycles. The van der Waals surface area contributed by atoms with Gasteiger partial charge in [-0.15, -0.1) is 0 Å². The van der Waals surface area contributed by atoms with Gasteiger partial charge in [0.1, 0.15) is 0 Å². The summed E-state index contributed by atoms with van der Waals surface area (Å²) < 4.78 is 7.69. The predicted octanol–water partition coefficient (Wildman–Crippen LogP) is 6.08. The van der Waals surface area contributed by atoms with E-state index < -0.39 is 0 Å². The first-order chi connectivity index (χ1) is 17.6. The van der Waals surface area contributed by atoms with Gasteiger partial charge in [-0.2, -0.15) is 0 Å². The van der Waals surface area contributed by atoms with Crippen LogP contribution in [0.1, 0.15) is 72.0 Å². The van der Waals surface area contributed by atoms with Crippen LogP contribution >= 0.6 is 0 Å². The van der Waals surface area contributed by atoms with Crippen LogP contribution in [0.15, 0.2) is 42.5 Å². The number of benzene rings is 2. The molecule has 0 N–H and O–H groups in total. The number of likely N-dealkylation sites (N-methyl/N-ethyl adjacent to an activating group) is 1. The number of likely N-dealkylation sites (tertiary alicyclic amines) is 1.